The maximum absolute atomic E-state index is 6.15. The third-order valence-corrected chi connectivity index (χ3v) is 5.98. The van der Waals surface area contributed by atoms with Gasteiger partial charge in [-0.25, -0.2) is 0 Å². The number of ether oxygens (including phenoxy) is 1. The molecule has 0 radical (unpaired) electrons. The van der Waals surface area contributed by atoms with Gasteiger partial charge in [-0.1, -0.05) is 20.8 Å². The molecule has 1 aromatic heterocycles. The van der Waals surface area contributed by atoms with Crippen molar-refractivity contribution in [2.45, 2.75) is 46.1 Å². The van der Waals surface area contributed by atoms with Crippen molar-refractivity contribution in [2.24, 2.45) is 16.7 Å². The van der Waals surface area contributed by atoms with Gasteiger partial charge in [0.15, 0.2) is 0 Å². The average Bonchev–Trinajstić information content (AvgIpc) is 2.71. The van der Waals surface area contributed by atoms with Crippen molar-refractivity contribution >= 4 is 11.9 Å². The lowest BCUT2D eigenvalue weighted by Gasteiger charge is -2.38. The maximum atomic E-state index is 6.15. The molecule has 3 unspecified atom stereocenters. The molecule has 6 nitrogen and oxygen atoms in total. The highest BCUT2D eigenvalue weighted by Gasteiger charge is 2.62. The largest absolute Gasteiger partial charge is 0.459 e. The van der Waals surface area contributed by atoms with Crippen LogP contribution in [0.2, 0.25) is 0 Å². The Morgan fingerprint density at radius 2 is 1.90 bits per heavy atom. The fourth-order valence-electron chi connectivity index (χ4n) is 4.05. The summed E-state index contributed by atoms with van der Waals surface area (Å²) in [4.78, 5) is 14.4. The van der Waals surface area contributed by atoms with E-state index in [1.54, 1.807) is 4.90 Å². The van der Waals surface area contributed by atoms with Gasteiger partial charge in [-0.3, -0.25) is 0 Å². The lowest BCUT2D eigenvalue weighted by Crippen LogP contribution is -2.39. The van der Waals surface area contributed by atoms with Gasteiger partial charge in [0.2, 0.25) is 11.9 Å². The molecule has 1 heterocycles. The highest BCUT2D eigenvalue weighted by molar-refractivity contribution is 5.34. The minimum atomic E-state index is 0.156. The summed E-state index contributed by atoms with van der Waals surface area (Å²) in [7, 11) is 3.75. The van der Waals surface area contributed by atoms with Crippen molar-refractivity contribution < 1.29 is 4.74 Å². The van der Waals surface area contributed by atoms with Crippen molar-refractivity contribution in [3.63, 3.8) is 0 Å². The van der Waals surface area contributed by atoms with Crippen LogP contribution in [0.1, 0.15) is 40.0 Å². The molecule has 2 fully saturated rings. The molecule has 2 aliphatic carbocycles. The van der Waals surface area contributed by atoms with Crippen LogP contribution in [0, 0.1) is 16.7 Å². The second-order valence-electron chi connectivity index (χ2n) is 7.39. The first-order chi connectivity index (χ1) is 9.74. The molecule has 0 aliphatic heterocycles. The Kier molecular flexibility index (Phi) is 3.04. The molecule has 0 spiro atoms. The van der Waals surface area contributed by atoms with Gasteiger partial charge in [0.25, 0.3) is 0 Å². The molecule has 0 amide bonds. The summed E-state index contributed by atoms with van der Waals surface area (Å²) in [5.74, 6) is 1.46. The SMILES string of the molecule is CN(C)c1nc(N)nc(OC2CC3CCC2(C)C3(C)C)n1. The first-order valence-electron chi connectivity index (χ1n) is 7.59. The number of nitrogens with zero attached hydrogens (tertiary/aromatic N) is 4. The molecule has 6 heteroatoms. The summed E-state index contributed by atoms with van der Waals surface area (Å²) >= 11 is 0. The van der Waals surface area contributed by atoms with E-state index >= 15 is 0 Å². The minimum absolute atomic E-state index is 0.156. The Hall–Kier alpha value is -1.59. The minimum Gasteiger partial charge on any atom is -0.459 e. The van der Waals surface area contributed by atoms with Crippen LogP contribution in [0.25, 0.3) is 0 Å². The van der Waals surface area contributed by atoms with Gasteiger partial charge < -0.3 is 15.4 Å². The highest BCUT2D eigenvalue weighted by Crippen LogP contribution is 2.66. The molecule has 116 valence electrons. The molecule has 1 aromatic rings. The van der Waals surface area contributed by atoms with E-state index < -0.39 is 0 Å². The topological polar surface area (TPSA) is 77.2 Å². The number of hydrogen-bond acceptors (Lipinski definition) is 6. The fraction of sp³-hybridized carbons (Fsp3) is 0.800. The molecule has 0 saturated heterocycles. The van der Waals surface area contributed by atoms with E-state index in [0.29, 0.717) is 17.4 Å². The molecule has 21 heavy (non-hydrogen) atoms. The molecule has 2 saturated carbocycles. The van der Waals surface area contributed by atoms with Gasteiger partial charge in [0.05, 0.1) is 0 Å². The molecule has 0 aromatic carbocycles. The average molecular weight is 291 g/mol. The third kappa shape index (κ3) is 2.03. The predicted octanol–water partition coefficient (Wildman–Crippen LogP) is 2.11. The predicted molar refractivity (Wildman–Crippen MR) is 82.2 cm³/mol. The summed E-state index contributed by atoms with van der Waals surface area (Å²) in [6.07, 6.45) is 3.73. The summed E-state index contributed by atoms with van der Waals surface area (Å²) in [5.41, 5.74) is 6.25. The monoisotopic (exact) mass is 291 g/mol. The number of fused-ring (bicyclic) bond motifs is 2. The van der Waals surface area contributed by atoms with Crippen LogP contribution >= 0.6 is 0 Å². The second-order valence-corrected chi connectivity index (χ2v) is 7.39. The van der Waals surface area contributed by atoms with E-state index in [4.69, 9.17) is 10.5 Å². The van der Waals surface area contributed by atoms with Gasteiger partial charge in [-0.15, -0.1) is 0 Å². The number of hydrogen-bond donors (Lipinski definition) is 1. The van der Waals surface area contributed by atoms with Crippen molar-refractivity contribution in [2.75, 3.05) is 24.7 Å². The molecule has 3 atom stereocenters. The highest BCUT2D eigenvalue weighted by atomic mass is 16.5. The molecule has 2 aliphatic rings. The Bertz CT molecular complexity index is 559. The van der Waals surface area contributed by atoms with Gasteiger partial charge in [-0.2, -0.15) is 15.0 Å². The van der Waals surface area contributed by atoms with Crippen LogP contribution in [-0.4, -0.2) is 35.2 Å². The van der Waals surface area contributed by atoms with Crippen LogP contribution in [0.3, 0.4) is 0 Å². The first-order valence-corrected chi connectivity index (χ1v) is 7.59. The Labute approximate surface area is 126 Å². The zero-order chi connectivity index (χ0) is 15.4. The lowest BCUT2D eigenvalue weighted by atomic mass is 9.70. The van der Waals surface area contributed by atoms with Crippen molar-refractivity contribution in [1.82, 2.24) is 15.0 Å². The van der Waals surface area contributed by atoms with Crippen LogP contribution in [-0.2, 0) is 0 Å². The van der Waals surface area contributed by atoms with Crippen molar-refractivity contribution in [3.05, 3.63) is 0 Å². The molecule has 2 N–H and O–H groups in total. The number of anilines is 2. The number of rotatable bonds is 3. The number of aromatic nitrogens is 3. The van der Waals surface area contributed by atoms with E-state index in [2.05, 4.69) is 35.7 Å². The fourth-order valence-corrected chi connectivity index (χ4v) is 4.05. The molecular formula is C15H25N5O. The van der Waals surface area contributed by atoms with Crippen LogP contribution < -0.4 is 15.4 Å². The van der Waals surface area contributed by atoms with E-state index in [0.717, 1.165) is 12.3 Å². The quantitative estimate of drug-likeness (QED) is 0.919. The zero-order valence-corrected chi connectivity index (χ0v) is 13.6. The maximum Gasteiger partial charge on any atom is 0.323 e. The number of nitrogens with two attached hydrogens (primary N) is 1. The lowest BCUT2D eigenvalue weighted by molar-refractivity contribution is 0.0242. The zero-order valence-electron chi connectivity index (χ0n) is 13.6. The smallest absolute Gasteiger partial charge is 0.323 e. The van der Waals surface area contributed by atoms with Crippen LogP contribution in [0.5, 0.6) is 6.01 Å². The van der Waals surface area contributed by atoms with E-state index in [-0.39, 0.29) is 17.5 Å². The van der Waals surface area contributed by atoms with Crippen LogP contribution in [0.15, 0.2) is 0 Å². The van der Waals surface area contributed by atoms with Gasteiger partial charge in [-0.05, 0) is 30.6 Å². The van der Waals surface area contributed by atoms with Crippen molar-refractivity contribution in [3.8, 4) is 6.01 Å². The summed E-state index contributed by atoms with van der Waals surface area (Å²) in [6.45, 7) is 7.06. The van der Waals surface area contributed by atoms with E-state index in [1.165, 1.54) is 12.8 Å². The first kappa shape index (κ1) is 14.4. The molecular weight excluding hydrogens is 266 g/mol. The van der Waals surface area contributed by atoms with Gasteiger partial charge in [0.1, 0.15) is 6.10 Å². The van der Waals surface area contributed by atoms with E-state index in [1.807, 2.05) is 14.1 Å². The Morgan fingerprint density at radius 1 is 1.19 bits per heavy atom. The van der Waals surface area contributed by atoms with Crippen LogP contribution in [0.4, 0.5) is 11.9 Å². The normalized spacial score (nSPS) is 33.2. The standard InChI is InChI=1S/C15H25N5O/c1-14(2)9-6-7-15(14,3)10(8-9)21-13-18-11(16)17-12(19-13)20(4)5/h9-10H,6-8H2,1-5H3,(H2,16,17,18,19). The van der Waals surface area contributed by atoms with E-state index in [9.17, 15) is 0 Å². The number of nitrogen functional groups attached to an aromatic ring is 1. The molecule has 3 rings (SSSR count). The van der Waals surface area contributed by atoms with Gasteiger partial charge in [0, 0.05) is 19.5 Å². The van der Waals surface area contributed by atoms with Crippen molar-refractivity contribution in [1.29, 1.82) is 0 Å². The molecule has 2 bridgehead atoms. The summed E-state index contributed by atoms with van der Waals surface area (Å²) < 4.78 is 6.15. The Balaban J connectivity index is 1.86. The van der Waals surface area contributed by atoms with Gasteiger partial charge >= 0.3 is 6.01 Å². The second kappa shape index (κ2) is 4.45. The Morgan fingerprint density at radius 3 is 2.43 bits per heavy atom. The summed E-state index contributed by atoms with van der Waals surface area (Å²) in [6, 6.07) is 0.348. The summed E-state index contributed by atoms with van der Waals surface area (Å²) in [5, 5.41) is 0. The third-order valence-electron chi connectivity index (χ3n) is 5.98.